The Morgan fingerprint density at radius 2 is 1.61 bits per heavy atom. The summed E-state index contributed by atoms with van der Waals surface area (Å²) in [7, 11) is 0. The van der Waals surface area contributed by atoms with Gasteiger partial charge in [-0.1, -0.05) is 53.0 Å². The van der Waals surface area contributed by atoms with Crippen LogP contribution >= 0.6 is 34.8 Å². The fourth-order valence-electron chi connectivity index (χ4n) is 3.18. The van der Waals surface area contributed by atoms with E-state index in [0.717, 1.165) is 22.6 Å². The number of rotatable bonds is 7. The van der Waals surface area contributed by atoms with E-state index in [1.807, 2.05) is 49.4 Å². The average molecular weight is 501 g/mol. The van der Waals surface area contributed by atoms with E-state index < -0.39 is 0 Å². The Balaban J connectivity index is 1.36. The number of carbonyl (C=O) groups excluding carboxylic acids is 1. The molecule has 0 fully saturated rings. The van der Waals surface area contributed by atoms with E-state index >= 15 is 0 Å². The SMILES string of the molecule is Cc1cc(NC(=O)c2ccc(COc3ccc(Cl)cc3)cc2)nn1Cc1ccc(Cl)c(Cl)c1. The first-order chi connectivity index (χ1) is 15.9. The Morgan fingerprint density at radius 1 is 0.909 bits per heavy atom. The Labute approximate surface area is 206 Å². The Kier molecular flexibility index (Phi) is 7.23. The molecule has 0 radical (unpaired) electrons. The van der Waals surface area contributed by atoms with Crippen LogP contribution in [0.25, 0.3) is 0 Å². The van der Waals surface area contributed by atoms with Crippen LogP contribution < -0.4 is 10.1 Å². The van der Waals surface area contributed by atoms with Crippen LogP contribution in [-0.2, 0) is 13.2 Å². The van der Waals surface area contributed by atoms with E-state index in [0.29, 0.717) is 39.6 Å². The minimum atomic E-state index is -0.237. The third-order valence-corrected chi connectivity index (χ3v) is 5.97. The molecular weight excluding hydrogens is 481 g/mol. The number of aromatic nitrogens is 2. The third kappa shape index (κ3) is 6.08. The van der Waals surface area contributed by atoms with E-state index in [-0.39, 0.29) is 5.91 Å². The summed E-state index contributed by atoms with van der Waals surface area (Å²) in [6, 6.07) is 21.7. The van der Waals surface area contributed by atoms with E-state index in [4.69, 9.17) is 39.5 Å². The zero-order chi connectivity index (χ0) is 23.4. The van der Waals surface area contributed by atoms with Gasteiger partial charge in [-0.25, -0.2) is 0 Å². The third-order valence-electron chi connectivity index (χ3n) is 4.97. The van der Waals surface area contributed by atoms with Crippen molar-refractivity contribution in [3.05, 3.63) is 110 Å². The van der Waals surface area contributed by atoms with E-state index in [1.54, 1.807) is 35.0 Å². The molecule has 33 heavy (non-hydrogen) atoms. The molecular formula is C25H20Cl3N3O2. The number of nitrogens with zero attached hydrogens (tertiary/aromatic N) is 2. The summed E-state index contributed by atoms with van der Waals surface area (Å²) in [5, 5.41) is 9.00. The second kappa shape index (κ2) is 10.3. The smallest absolute Gasteiger partial charge is 0.256 e. The molecule has 0 saturated carbocycles. The molecule has 4 aromatic rings. The number of hydrogen-bond donors (Lipinski definition) is 1. The molecule has 0 spiro atoms. The molecule has 0 saturated heterocycles. The van der Waals surface area contributed by atoms with Gasteiger partial charge in [-0.15, -0.1) is 0 Å². The van der Waals surface area contributed by atoms with Crippen LogP contribution in [0.15, 0.2) is 72.8 Å². The van der Waals surface area contributed by atoms with Gasteiger partial charge in [-0.2, -0.15) is 5.10 Å². The van der Waals surface area contributed by atoms with E-state index in [9.17, 15) is 4.79 Å². The number of halogens is 3. The van der Waals surface area contributed by atoms with Gasteiger partial charge in [0, 0.05) is 22.3 Å². The Bertz CT molecular complexity index is 1270. The molecule has 0 unspecified atom stereocenters. The average Bonchev–Trinajstić information content (AvgIpc) is 3.14. The maximum absolute atomic E-state index is 12.7. The normalized spacial score (nSPS) is 10.8. The predicted molar refractivity (Wildman–Crippen MR) is 133 cm³/mol. The first-order valence-electron chi connectivity index (χ1n) is 10.1. The van der Waals surface area contributed by atoms with Crippen LogP contribution in [-0.4, -0.2) is 15.7 Å². The lowest BCUT2D eigenvalue weighted by atomic mass is 10.1. The fraction of sp³-hybridized carbons (Fsp3) is 0.120. The first kappa shape index (κ1) is 23.2. The maximum Gasteiger partial charge on any atom is 0.256 e. The van der Waals surface area contributed by atoms with Crippen LogP contribution in [0.1, 0.15) is 27.2 Å². The second-order valence-electron chi connectivity index (χ2n) is 7.47. The summed E-state index contributed by atoms with van der Waals surface area (Å²) < 4.78 is 7.53. The topological polar surface area (TPSA) is 56.1 Å². The van der Waals surface area contributed by atoms with Crippen molar-refractivity contribution in [1.29, 1.82) is 0 Å². The molecule has 0 atom stereocenters. The molecule has 8 heteroatoms. The molecule has 0 aliphatic rings. The van der Waals surface area contributed by atoms with Crippen molar-refractivity contribution < 1.29 is 9.53 Å². The number of ether oxygens (including phenoxy) is 1. The number of nitrogens with one attached hydrogen (secondary N) is 1. The summed E-state index contributed by atoms with van der Waals surface area (Å²) in [4.78, 5) is 12.7. The van der Waals surface area contributed by atoms with Gasteiger partial charge in [0.15, 0.2) is 5.82 Å². The Morgan fingerprint density at radius 3 is 2.30 bits per heavy atom. The molecule has 168 valence electrons. The van der Waals surface area contributed by atoms with Crippen molar-refractivity contribution in [2.45, 2.75) is 20.1 Å². The lowest BCUT2D eigenvalue weighted by Gasteiger charge is -2.08. The predicted octanol–water partition coefficient (Wildman–Crippen LogP) is 7.03. The highest BCUT2D eigenvalue weighted by Gasteiger charge is 2.11. The van der Waals surface area contributed by atoms with Gasteiger partial charge in [-0.05, 0) is 66.6 Å². The number of benzene rings is 3. The monoisotopic (exact) mass is 499 g/mol. The van der Waals surface area contributed by atoms with Crippen LogP contribution in [0.4, 0.5) is 5.82 Å². The zero-order valence-electron chi connectivity index (χ0n) is 17.7. The van der Waals surface area contributed by atoms with Crippen LogP contribution in [0.3, 0.4) is 0 Å². The van der Waals surface area contributed by atoms with Gasteiger partial charge in [0.05, 0.1) is 16.6 Å². The maximum atomic E-state index is 12.7. The van der Waals surface area contributed by atoms with E-state index in [1.165, 1.54) is 0 Å². The number of carbonyl (C=O) groups is 1. The molecule has 1 heterocycles. The van der Waals surface area contributed by atoms with Crippen molar-refractivity contribution in [2.24, 2.45) is 0 Å². The number of anilines is 1. The highest BCUT2D eigenvalue weighted by molar-refractivity contribution is 6.42. The molecule has 5 nitrogen and oxygen atoms in total. The summed E-state index contributed by atoms with van der Waals surface area (Å²) in [6.07, 6.45) is 0. The minimum Gasteiger partial charge on any atom is -0.489 e. The lowest BCUT2D eigenvalue weighted by molar-refractivity contribution is 0.102. The number of amides is 1. The van der Waals surface area contributed by atoms with Crippen LogP contribution in [0.2, 0.25) is 15.1 Å². The summed E-state index contributed by atoms with van der Waals surface area (Å²) in [5.41, 5.74) is 3.35. The largest absolute Gasteiger partial charge is 0.489 e. The van der Waals surface area contributed by atoms with E-state index in [2.05, 4.69) is 10.4 Å². The van der Waals surface area contributed by atoms with Gasteiger partial charge in [0.2, 0.25) is 0 Å². The fourth-order valence-corrected chi connectivity index (χ4v) is 3.63. The summed E-state index contributed by atoms with van der Waals surface area (Å²) in [5.74, 6) is 0.972. The van der Waals surface area contributed by atoms with Gasteiger partial charge in [-0.3, -0.25) is 9.48 Å². The van der Waals surface area contributed by atoms with Gasteiger partial charge in [0.1, 0.15) is 12.4 Å². The molecule has 0 aliphatic carbocycles. The molecule has 0 aliphatic heterocycles. The van der Waals surface area contributed by atoms with Gasteiger partial charge in [0.25, 0.3) is 5.91 Å². The highest BCUT2D eigenvalue weighted by Crippen LogP contribution is 2.23. The van der Waals surface area contributed by atoms with Gasteiger partial charge >= 0.3 is 0 Å². The number of hydrogen-bond acceptors (Lipinski definition) is 3. The lowest BCUT2D eigenvalue weighted by Crippen LogP contribution is -2.13. The molecule has 1 aromatic heterocycles. The van der Waals surface area contributed by atoms with Crippen LogP contribution in [0, 0.1) is 6.92 Å². The van der Waals surface area contributed by atoms with Crippen molar-refractivity contribution in [3.8, 4) is 5.75 Å². The first-order valence-corrected chi connectivity index (χ1v) is 11.3. The van der Waals surface area contributed by atoms with Crippen molar-refractivity contribution in [2.75, 3.05) is 5.32 Å². The number of aryl methyl sites for hydroxylation is 1. The standard InChI is InChI=1S/C25H20Cl3N3O2/c1-16-12-24(30-31(16)14-18-4-11-22(27)23(28)13-18)29-25(32)19-5-2-17(3-6-19)15-33-21-9-7-20(26)8-10-21/h2-13H,14-15H2,1H3,(H,29,30,32). The molecule has 4 rings (SSSR count). The summed E-state index contributed by atoms with van der Waals surface area (Å²) in [6.45, 7) is 2.83. The summed E-state index contributed by atoms with van der Waals surface area (Å²) >= 11 is 18.0. The van der Waals surface area contributed by atoms with Crippen molar-refractivity contribution in [1.82, 2.24) is 9.78 Å². The van der Waals surface area contributed by atoms with Crippen molar-refractivity contribution >= 4 is 46.5 Å². The van der Waals surface area contributed by atoms with Crippen LogP contribution in [0.5, 0.6) is 5.75 Å². The molecule has 1 amide bonds. The molecule has 1 N–H and O–H groups in total. The Hall–Kier alpha value is -2.99. The quantitative estimate of drug-likeness (QED) is 0.296. The zero-order valence-corrected chi connectivity index (χ0v) is 20.0. The van der Waals surface area contributed by atoms with Crippen molar-refractivity contribution in [3.63, 3.8) is 0 Å². The second-order valence-corrected chi connectivity index (χ2v) is 8.72. The molecule has 0 bridgehead atoms. The van der Waals surface area contributed by atoms with Gasteiger partial charge < -0.3 is 10.1 Å². The minimum absolute atomic E-state index is 0.237. The molecule has 3 aromatic carbocycles. The highest BCUT2D eigenvalue weighted by atomic mass is 35.5.